The van der Waals surface area contributed by atoms with Gasteiger partial charge in [0.15, 0.2) is 6.10 Å². The topological polar surface area (TPSA) is 76.2 Å². The molecule has 0 saturated carbocycles. The van der Waals surface area contributed by atoms with Crippen molar-refractivity contribution in [1.29, 1.82) is 5.26 Å². The zero-order chi connectivity index (χ0) is 12.8. The summed E-state index contributed by atoms with van der Waals surface area (Å²) >= 11 is 5.69. The van der Waals surface area contributed by atoms with E-state index in [2.05, 4.69) is 0 Å². The average Bonchev–Trinajstić information content (AvgIpc) is 2.35. The van der Waals surface area contributed by atoms with Crippen molar-refractivity contribution in [2.75, 3.05) is 0 Å². The lowest BCUT2D eigenvalue weighted by atomic mass is 10.2. The third-order valence-corrected chi connectivity index (χ3v) is 2.47. The van der Waals surface area contributed by atoms with Crippen LogP contribution in [0, 0.1) is 21.4 Å². The smallest absolute Gasteiger partial charge is 0.270 e. The van der Waals surface area contributed by atoms with E-state index in [9.17, 15) is 10.1 Å². The van der Waals surface area contributed by atoms with Gasteiger partial charge in [-0.2, -0.15) is 5.26 Å². The first-order valence-electron chi connectivity index (χ1n) is 5.02. The van der Waals surface area contributed by atoms with Gasteiger partial charge in [-0.15, -0.1) is 11.6 Å². The second kappa shape index (κ2) is 6.06. The number of hydrogen-bond donors (Lipinski definition) is 0. The Bertz CT molecular complexity index is 457. The van der Waals surface area contributed by atoms with Crippen LogP contribution >= 0.6 is 11.6 Å². The molecule has 0 aromatic heterocycles. The molecule has 1 atom stereocenters. The zero-order valence-corrected chi connectivity index (χ0v) is 9.98. The molecule has 0 radical (unpaired) electrons. The first-order valence-corrected chi connectivity index (χ1v) is 5.55. The number of ether oxygens (including phenoxy) is 1. The van der Waals surface area contributed by atoms with Crippen LogP contribution in [0.5, 0.6) is 5.75 Å². The number of benzene rings is 1. The maximum absolute atomic E-state index is 10.6. The number of alkyl halides is 1. The minimum Gasteiger partial charge on any atom is -0.475 e. The Morgan fingerprint density at radius 2 is 2.35 bits per heavy atom. The standard InChI is InChI=1S/C11H11ClN2O3/c1-2-10(7-13)17-11-4-3-9(14(15)16)5-8(11)6-12/h3-5,10H,2,6H2,1H3. The lowest BCUT2D eigenvalue weighted by Crippen LogP contribution is -2.13. The third-order valence-electron chi connectivity index (χ3n) is 2.18. The van der Waals surface area contributed by atoms with Gasteiger partial charge < -0.3 is 4.74 Å². The van der Waals surface area contributed by atoms with Crippen molar-refractivity contribution in [2.24, 2.45) is 0 Å². The molecule has 6 heteroatoms. The van der Waals surface area contributed by atoms with Gasteiger partial charge in [0.2, 0.25) is 0 Å². The Hall–Kier alpha value is -1.80. The van der Waals surface area contributed by atoms with Crippen LogP contribution in [-0.2, 0) is 5.88 Å². The fourth-order valence-electron chi connectivity index (χ4n) is 1.25. The molecule has 5 nitrogen and oxygen atoms in total. The second-order valence-electron chi connectivity index (χ2n) is 3.33. The summed E-state index contributed by atoms with van der Waals surface area (Å²) in [7, 11) is 0. The summed E-state index contributed by atoms with van der Waals surface area (Å²) in [6.45, 7) is 1.82. The molecule has 1 aromatic rings. The number of hydrogen-bond acceptors (Lipinski definition) is 4. The van der Waals surface area contributed by atoms with Gasteiger partial charge in [-0.05, 0) is 12.5 Å². The first-order chi connectivity index (χ1) is 8.12. The molecule has 0 amide bonds. The average molecular weight is 255 g/mol. The van der Waals surface area contributed by atoms with Crippen LogP contribution in [0.1, 0.15) is 18.9 Å². The molecule has 17 heavy (non-hydrogen) atoms. The maximum Gasteiger partial charge on any atom is 0.270 e. The van der Waals surface area contributed by atoms with Crippen LogP contribution in [0.3, 0.4) is 0 Å². The molecule has 1 rings (SSSR count). The van der Waals surface area contributed by atoms with Gasteiger partial charge in [-0.3, -0.25) is 10.1 Å². The zero-order valence-electron chi connectivity index (χ0n) is 9.22. The summed E-state index contributed by atoms with van der Waals surface area (Å²) < 4.78 is 5.40. The van der Waals surface area contributed by atoms with Gasteiger partial charge in [0.1, 0.15) is 11.8 Å². The van der Waals surface area contributed by atoms with Crippen LogP contribution in [0.2, 0.25) is 0 Å². The highest BCUT2D eigenvalue weighted by Gasteiger charge is 2.14. The summed E-state index contributed by atoms with van der Waals surface area (Å²) in [5.74, 6) is 0.512. The molecule has 0 spiro atoms. The van der Waals surface area contributed by atoms with E-state index in [0.29, 0.717) is 17.7 Å². The molecule has 0 saturated heterocycles. The van der Waals surface area contributed by atoms with Gasteiger partial charge in [-0.25, -0.2) is 0 Å². The van der Waals surface area contributed by atoms with Crippen molar-refractivity contribution < 1.29 is 9.66 Å². The van der Waals surface area contributed by atoms with Crippen LogP contribution in [0.15, 0.2) is 18.2 Å². The van der Waals surface area contributed by atoms with Crippen LogP contribution in [0.4, 0.5) is 5.69 Å². The second-order valence-corrected chi connectivity index (χ2v) is 3.59. The molecule has 1 unspecified atom stereocenters. The fourth-order valence-corrected chi connectivity index (χ4v) is 1.46. The molecule has 0 aliphatic rings. The van der Waals surface area contributed by atoms with E-state index >= 15 is 0 Å². The first kappa shape index (κ1) is 13.3. The van der Waals surface area contributed by atoms with Crippen LogP contribution < -0.4 is 4.74 Å². The van der Waals surface area contributed by atoms with Crippen molar-refractivity contribution in [1.82, 2.24) is 0 Å². The van der Waals surface area contributed by atoms with Crippen molar-refractivity contribution in [3.8, 4) is 11.8 Å². The summed E-state index contributed by atoms with van der Waals surface area (Å²) in [4.78, 5) is 10.1. The Labute approximate surface area is 104 Å². The summed E-state index contributed by atoms with van der Waals surface area (Å²) in [6.07, 6.45) is -0.0340. The number of nitro benzene ring substituents is 1. The number of nitro groups is 1. The number of non-ortho nitro benzene ring substituents is 1. The summed E-state index contributed by atoms with van der Waals surface area (Å²) in [6, 6.07) is 6.14. The van der Waals surface area contributed by atoms with Crippen molar-refractivity contribution in [3.63, 3.8) is 0 Å². The third kappa shape index (κ3) is 3.33. The van der Waals surface area contributed by atoms with Gasteiger partial charge in [-0.1, -0.05) is 6.92 Å². The van der Waals surface area contributed by atoms with Crippen LogP contribution in [-0.4, -0.2) is 11.0 Å². The van der Waals surface area contributed by atoms with Gasteiger partial charge in [0, 0.05) is 17.7 Å². The van der Waals surface area contributed by atoms with Crippen molar-refractivity contribution in [3.05, 3.63) is 33.9 Å². The largest absolute Gasteiger partial charge is 0.475 e. The Morgan fingerprint density at radius 1 is 1.65 bits per heavy atom. The van der Waals surface area contributed by atoms with E-state index in [1.807, 2.05) is 13.0 Å². The summed E-state index contributed by atoms with van der Waals surface area (Å²) in [5.41, 5.74) is 0.465. The molecule has 0 bridgehead atoms. The number of nitrogens with zero attached hydrogens (tertiary/aromatic N) is 2. The number of halogens is 1. The molecule has 90 valence electrons. The van der Waals surface area contributed by atoms with Crippen LogP contribution in [0.25, 0.3) is 0 Å². The Morgan fingerprint density at radius 3 is 2.82 bits per heavy atom. The van der Waals surface area contributed by atoms with E-state index in [1.54, 1.807) is 0 Å². The van der Waals surface area contributed by atoms with E-state index in [1.165, 1.54) is 18.2 Å². The maximum atomic E-state index is 10.6. The minimum absolute atomic E-state index is 0.0435. The quantitative estimate of drug-likeness (QED) is 0.460. The molecular weight excluding hydrogens is 244 g/mol. The highest BCUT2D eigenvalue weighted by molar-refractivity contribution is 6.17. The van der Waals surface area contributed by atoms with Crippen molar-refractivity contribution >= 4 is 17.3 Å². The fraction of sp³-hybridized carbons (Fsp3) is 0.364. The molecule has 0 N–H and O–H groups in total. The number of rotatable bonds is 5. The Kier molecular flexibility index (Phi) is 4.73. The van der Waals surface area contributed by atoms with Gasteiger partial charge in [0.05, 0.1) is 10.8 Å². The van der Waals surface area contributed by atoms with E-state index in [0.717, 1.165) is 0 Å². The SMILES string of the molecule is CCC(C#N)Oc1ccc([N+](=O)[O-])cc1CCl. The Balaban J connectivity index is 3.01. The molecule has 0 heterocycles. The lowest BCUT2D eigenvalue weighted by Gasteiger charge is -2.12. The highest BCUT2D eigenvalue weighted by Crippen LogP contribution is 2.26. The van der Waals surface area contributed by atoms with E-state index < -0.39 is 11.0 Å². The summed E-state index contributed by atoms with van der Waals surface area (Å²) in [5, 5.41) is 19.4. The van der Waals surface area contributed by atoms with Crippen molar-refractivity contribution in [2.45, 2.75) is 25.3 Å². The van der Waals surface area contributed by atoms with Gasteiger partial charge in [0.25, 0.3) is 5.69 Å². The molecule has 0 aliphatic heterocycles. The lowest BCUT2D eigenvalue weighted by molar-refractivity contribution is -0.384. The molecule has 0 aliphatic carbocycles. The normalized spacial score (nSPS) is 11.6. The molecular formula is C11H11ClN2O3. The highest BCUT2D eigenvalue weighted by atomic mass is 35.5. The molecule has 1 aromatic carbocycles. The predicted molar refractivity (Wildman–Crippen MR) is 63.0 cm³/mol. The van der Waals surface area contributed by atoms with E-state index in [4.69, 9.17) is 21.6 Å². The van der Waals surface area contributed by atoms with Gasteiger partial charge >= 0.3 is 0 Å². The number of nitriles is 1. The monoisotopic (exact) mass is 254 g/mol. The predicted octanol–water partition coefficient (Wildman–Crippen LogP) is 3.01. The molecule has 0 fully saturated rings. The van der Waals surface area contributed by atoms with E-state index in [-0.39, 0.29) is 11.6 Å². The minimum atomic E-state index is -0.571.